The first kappa shape index (κ1) is 16.7. The van der Waals surface area contributed by atoms with Gasteiger partial charge in [0.25, 0.3) is 0 Å². The van der Waals surface area contributed by atoms with E-state index >= 15 is 0 Å². The molecule has 1 unspecified atom stereocenters. The van der Waals surface area contributed by atoms with Crippen molar-refractivity contribution in [3.8, 4) is 11.4 Å². The number of imidazole rings is 1. The SMILES string of the molecule is CCCC1CCN(Cn2c(-c3ccccc3)nc3cc(Br)cnc32)C1. The Balaban J connectivity index is 1.71. The first-order valence-corrected chi connectivity index (χ1v) is 9.83. The predicted molar refractivity (Wildman–Crippen MR) is 105 cm³/mol. The molecule has 0 saturated carbocycles. The lowest BCUT2D eigenvalue weighted by Gasteiger charge is -2.19. The molecule has 4 nitrogen and oxygen atoms in total. The van der Waals surface area contributed by atoms with Crippen LogP contribution in [0.4, 0.5) is 0 Å². The number of halogens is 1. The Morgan fingerprint density at radius 2 is 2.08 bits per heavy atom. The van der Waals surface area contributed by atoms with Gasteiger partial charge in [0, 0.05) is 29.3 Å². The van der Waals surface area contributed by atoms with E-state index in [-0.39, 0.29) is 0 Å². The number of aromatic nitrogens is 3. The molecule has 1 fully saturated rings. The monoisotopic (exact) mass is 398 g/mol. The highest BCUT2D eigenvalue weighted by Crippen LogP contribution is 2.28. The number of pyridine rings is 1. The molecule has 5 heteroatoms. The van der Waals surface area contributed by atoms with E-state index in [1.165, 1.54) is 25.8 Å². The smallest absolute Gasteiger partial charge is 0.161 e. The molecule has 25 heavy (non-hydrogen) atoms. The number of likely N-dealkylation sites (tertiary alicyclic amines) is 1. The molecule has 1 atom stereocenters. The summed E-state index contributed by atoms with van der Waals surface area (Å²) >= 11 is 3.51. The number of benzene rings is 1. The summed E-state index contributed by atoms with van der Waals surface area (Å²) in [6.07, 6.45) is 5.77. The second-order valence-electron chi connectivity index (χ2n) is 6.89. The fourth-order valence-corrected chi connectivity index (χ4v) is 4.13. The number of fused-ring (bicyclic) bond motifs is 1. The molecule has 0 N–H and O–H groups in total. The van der Waals surface area contributed by atoms with Gasteiger partial charge in [0.2, 0.25) is 0 Å². The topological polar surface area (TPSA) is 34.0 Å². The molecule has 130 valence electrons. The minimum absolute atomic E-state index is 0.835. The minimum Gasteiger partial charge on any atom is -0.295 e. The summed E-state index contributed by atoms with van der Waals surface area (Å²) in [5.41, 5.74) is 3.04. The molecule has 1 aromatic carbocycles. The van der Waals surface area contributed by atoms with Crippen molar-refractivity contribution < 1.29 is 0 Å². The molecule has 4 rings (SSSR count). The van der Waals surface area contributed by atoms with Crippen molar-refractivity contribution in [2.24, 2.45) is 5.92 Å². The van der Waals surface area contributed by atoms with Crippen LogP contribution >= 0.6 is 15.9 Å². The predicted octanol–water partition coefficient (Wildman–Crippen LogP) is 4.94. The van der Waals surface area contributed by atoms with Gasteiger partial charge in [0.1, 0.15) is 11.3 Å². The van der Waals surface area contributed by atoms with Crippen LogP contribution in [0.3, 0.4) is 0 Å². The Kier molecular flexibility index (Phi) is 4.86. The van der Waals surface area contributed by atoms with Crippen LogP contribution in [0.5, 0.6) is 0 Å². The fraction of sp³-hybridized carbons (Fsp3) is 0.400. The van der Waals surface area contributed by atoms with Crippen molar-refractivity contribution >= 4 is 27.1 Å². The quantitative estimate of drug-likeness (QED) is 0.610. The van der Waals surface area contributed by atoms with Crippen LogP contribution in [0.1, 0.15) is 26.2 Å². The number of rotatable bonds is 5. The molecule has 3 heterocycles. The zero-order chi connectivity index (χ0) is 17.2. The Morgan fingerprint density at radius 3 is 2.88 bits per heavy atom. The fourth-order valence-electron chi connectivity index (χ4n) is 3.81. The molecule has 0 radical (unpaired) electrons. The van der Waals surface area contributed by atoms with Crippen LogP contribution in [0.2, 0.25) is 0 Å². The van der Waals surface area contributed by atoms with Crippen molar-refractivity contribution in [2.75, 3.05) is 13.1 Å². The van der Waals surface area contributed by atoms with Crippen LogP contribution in [0.15, 0.2) is 47.1 Å². The summed E-state index contributed by atoms with van der Waals surface area (Å²) in [5, 5.41) is 0. The van der Waals surface area contributed by atoms with E-state index in [4.69, 9.17) is 4.98 Å². The summed E-state index contributed by atoms with van der Waals surface area (Å²) in [7, 11) is 0. The first-order valence-electron chi connectivity index (χ1n) is 9.04. The average Bonchev–Trinajstić information content (AvgIpc) is 3.21. The van der Waals surface area contributed by atoms with Gasteiger partial charge in [-0.15, -0.1) is 0 Å². The first-order chi connectivity index (χ1) is 12.2. The third-order valence-corrected chi connectivity index (χ3v) is 5.43. The molecule has 0 spiro atoms. The lowest BCUT2D eigenvalue weighted by Crippen LogP contribution is -2.24. The highest BCUT2D eigenvalue weighted by molar-refractivity contribution is 9.10. The van der Waals surface area contributed by atoms with Crippen LogP contribution in [-0.2, 0) is 6.67 Å². The van der Waals surface area contributed by atoms with Crippen molar-refractivity contribution in [1.82, 2.24) is 19.4 Å². The third-order valence-electron chi connectivity index (χ3n) is 4.99. The van der Waals surface area contributed by atoms with Crippen molar-refractivity contribution in [1.29, 1.82) is 0 Å². The molecule has 1 saturated heterocycles. The third kappa shape index (κ3) is 3.48. The molecular weight excluding hydrogens is 376 g/mol. The molecule has 0 amide bonds. The van der Waals surface area contributed by atoms with Gasteiger partial charge in [-0.2, -0.15) is 0 Å². The second kappa shape index (κ2) is 7.26. The van der Waals surface area contributed by atoms with Crippen LogP contribution < -0.4 is 0 Å². The van der Waals surface area contributed by atoms with E-state index in [1.54, 1.807) is 0 Å². The summed E-state index contributed by atoms with van der Waals surface area (Å²) in [5.74, 6) is 1.84. The van der Waals surface area contributed by atoms with Gasteiger partial charge in [-0.3, -0.25) is 9.47 Å². The zero-order valence-corrected chi connectivity index (χ0v) is 16.1. The maximum absolute atomic E-state index is 4.88. The summed E-state index contributed by atoms with van der Waals surface area (Å²) in [6, 6.07) is 12.5. The van der Waals surface area contributed by atoms with Gasteiger partial charge < -0.3 is 0 Å². The van der Waals surface area contributed by atoms with Gasteiger partial charge in [0.15, 0.2) is 5.65 Å². The van der Waals surface area contributed by atoms with Gasteiger partial charge in [-0.05, 0) is 40.8 Å². The Bertz CT molecular complexity index is 859. The normalized spacial score (nSPS) is 18.2. The molecule has 0 aliphatic carbocycles. The van der Waals surface area contributed by atoms with Gasteiger partial charge in [0.05, 0.1) is 6.67 Å². The van der Waals surface area contributed by atoms with Gasteiger partial charge in [-0.1, -0.05) is 43.7 Å². The molecule has 1 aliphatic rings. The van der Waals surface area contributed by atoms with Crippen LogP contribution in [0, 0.1) is 5.92 Å². The molecule has 1 aliphatic heterocycles. The molecule has 3 aromatic rings. The Labute approximate surface area is 157 Å². The van der Waals surface area contributed by atoms with Gasteiger partial charge >= 0.3 is 0 Å². The van der Waals surface area contributed by atoms with Crippen LogP contribution in [-0.4, -0.2) is 32.5 Å². The second-order valence-corrected chi connectivity index (χ2v) is 7.80. The van der Waals surface area contributed by atoms with E-state index < -0.39 is 0 Å². The van der Waals surface area contributed by atoms with Crippen LogP contribution in [0.25, 0.3) is 22.6 Å². The number of nitrogens with zero attached hydrogens (tertiary/aromatic N) is 4. The lowest BCUT2D eigenvalue weighted by molar-refractivity contribution is 0.262. The van der Waals surface area contributed by atoms with Gasteiger partial charge in [-0.25, -0.2) is 9.97 Å². The Hall–Kier alpha value is -1.72. The van der Waals surface area contributed by atoms with Crippen molar-refractivity contribution in [3.63, 3.8) is 0 Å². The number of hydrogen-bond acceptors (Lipinski definition) is 3. The minimum atomic E-state index is 0.835. The molecule has 2 aromatic heterocycles. The lowest BCUT2D eigenvalue weighted by atomic mass is 10.0. The summed E-state index contributed by atoms with van der Waals surface area (Å²) in [6.45, 7) is 5.48. The van der Waals surface area contributed by atoms with Crippen molar-refractivity contribution in [2.45, 2.75) is 32.9 Å². The maximum Gasteiger partial charge on any atom is 0.161 e. The van der Waals surface area contributed by atoms with E-state index in [2.05, 4.69) is 67.6 Å². The van der Waals surface area contributed by atoms with E-state index in [0.29, 0.717) is 0 Å². The van der Waals surface area contributed by atoms with E-state index in [1.807, 2.05) is 12.3 Å². The summed E-state index contributed by atoms with van der Waals surface area (Å²) < 4.78 is 3.24. The standard InChI is InChI=1S/C20H23BrN4/c1-2-6-15-9-10-24(13-15)14-25-19(16-7-4-3-5-8-16)23-18-11-17(21)12-22-20(18)25/h3-5,7-8,11-12,15H,2,6,9-10,13-14H2,1H3. The average molecular weight is 399 g/mol. The van der Waals surface area contributed by atoms with E-state index in [0.717, 1.165) is 46.2 Å². The molecule has 0 bridgehead atoms. The van der Waals surface area contributed by atoms with Crippen molar-refractivity contribution in [3.05, 3.63) is 47.1 Å². The largest absolute Gasteiger partial charge is 0.295 e. The Morgan fingerprint density at radius 1 is 1.24 bits per heavy atom. The maximum atomic E-state index is 4.88. The molecular formula is C20H23BrN4. The van der Waals surface area contributed by atoms with E-state index in [9.17, 15) is 0 Å². The summed E-state index contributed by atoms with van der Waals surface area (Å²) in [4.78, 5) is 12.1. The highest BCUT2D eigenvalue weighted by Gasteiger charge is 2.24. The number of hydrogen-bond donors (Lipinski definition) is 0. The highest BCUT2D eigenvalue weighted by atomic mass is 79.9. The zero-order valence-electron chi connectivity index (χ0n) is 14.5.